The van der Waals surface area contributed by atoms with Gasteiger partial charge in [-0.1, -0.05) is 0 Å². The van der Waals surface area contributed by atoms with Gasteiger partial charge in [0.05, 0.1) is 19.0 Å². The van der Waals surface area contributed by atoms with E-state index in [2.05, 4.69) is 31.1 Å². The molecule has 20 heavy (non-hydrogen) atoms. The summed E-state index contributed by atoms with van der Waals surface area (Å²) in [6, 6.07) is 0.262. The van der Waals surface area contributed by atoms with Crippen molar-refractivity contribution < 1.29 is 14.3 Å². The van der Waals surface area contributed by atoms with Gasteiger partial charge >= 0.3 is 5.97 Å². The Hall–Kier alpha value is -1.41. The smallest absolute Gasteiger partial charge is 0.327 e. The fourth-order valence-electron chi connectivity index (χ4n) is 1.93. The number of nitrogens with one attached hydrogen (secondary N) is 1. The Morgan fingerprint density at radius 3 is 2.95 bits per heavy atom. The molecule has 0 saturated carbocycles. The van der Waals surface area contributed by atoms with Crippen LogP contribution >= 0.6 is 15.9 Å². The molecule has 0 spiro atoms. The first kappa shape index (κ1) is 15.0. The van der Waals surface area contributed by atoms with E-state index in [9.17, 15) is 9.59 Å². The molecule has 1 aliphatic rings. The number of hydrogen-bond acceptors (Lipinski definition) is 6. The van der Waals surface area contributed by atoms with Gasteiger partial charge in [-0.2, -0.15) is 5.10 Å². The molecular weight excluding hydrogens is 330 g/mol. The van der Waals surface area contributed by atoms with Crippen molar-refractivity contribution in [1.82, 2.24) is 9.78 Å². The first-order valence-corrected chi connectivity index (χ1v) is 7.08. The predicted octanol–water partition coefficient (Wildman–Crippen LogP) is 0.770. The van der Waals surface area contributed by atoms with E-state index in [1.807, 2.05) is 0 Å². The minimum absolute atomic E-state index is 0.203. The summed E-state index contributed by atoms with van der Waals surface area (Å²) in [5, 5.41) is 7.24. The number of carbonyl (C=O) groups excluding carboxylic acids is 1. The highest BCUT2D eigenvalue weighted by atomic mass is 79.9. The third kappa shape index (κ3) is 3.57. The van der Waals surface area contributed by atoms with Gasteiger partial charge < -0.3 is 14.8 Å². The van der Waals surface area contributed by atoms with E-state index in [0.29, 0.717) is 23.4 Å². The molecule has 7 nitrogen and oxygen atoms in total. The van der Waals surface area contributed by atoms with Gasteiger partial charge in [0.1, 0.15) is 11.0 Å². The van der Waals surface area contributed by atoms with Gasteiger partial charge in [-0.15, -0.1) is 0 Å². The van der Waals surface area contributed by atoms with Crippen LogP contribution in [0.4, 0.5) is 5.69 Å². The van der Waals surface area contributed by atoms with Crippen LogP contribution in [0.2, 0.25) is 0 Å². The van der Waals surface area contributed by atoms with Crippen molar-refractivity contribution in [2.75, 3.05) is 25.6 Å². The second kappa shape index (κ2) is 6.85. The van der Waals surface area contributed by atoms with Crippen LogP contribution in [0.25, 0.3) is 0 Å². The summed E-state index contributed by atoms with van der Waals surface area (Å²) >= 11 is 3.25. The molecule has 0 atom stereocenters. The van der Waals surface area contributed by atoms with Crippen molar-refractivity contribution in [1.29, 1.82) is 0 Å². The van der Waals surface area contributed by atoms with Gasteiger partial charge in [0.25, 0.3) is 5.56 Å². The largest absolute Gasteiger partial charge is 0.468 e. The molecule has 8 heteroatoms. The van der Waals surface area contributed by atoms with Gasteiger partial charge in [0.2, 0.25) is 0 Å². The van der Waals surface area contributed by atoms with Crippen molar-refractivity contribution in [3.05, 3.63) is 21.0 Å². The maximum absolute atomic E-state index is 12.1. The summed E-state index contributed by atoms with van der Waals surface area (Å²) in [6.07, 6.45) is 3.30. The molecule has 1 aromatic rings. The Morgan fingerprint density at radius 2 is 2.30 bits per heavy atom. The van der Waals surface area contributed by atoms with Gasteiger partial charge in [0, 0.05) is 19.3 Å². The summed E-state index contributed by atoms with van der Waals surface area (Å²) in [5.41, 5.74) is 0.260. The van der Waals surface area contributed by atoms with Gasteiger partial charge in [-0.3, -0.25) is 9.59 Å². The third-order valence-electron chi connectivity index (χ3n) is 3.07. The first-order valence-electron chi connectivity index (χ1n) is 6.28. The first-order chi connectivity index (χ1) is 9.61. The monoisotopic (exact) mass is 345 g/mol. The molecule has 0 unspecified atom stereocenters. The van der Waals surface area contributed by atoms with Crippen molar-refractivity contribution in [2.24, 2.45) is 0 Å². The number of aromatic nitrogens is 2. The molecule has 1 fully saturated rings. The average Bonchev–Trinajstić information content (AvgIpc) is 2.48. The second-order valence-electron chi connectivity index (χ2n) is 4.44. The maximum atomic E-state index is 12.1. The van der Waals surface area contributed by atoms with Gasteiger partial charge in [0.15, 0.2) is 0 Å². The number of hydrogen-bond donors (Lipinski definition) is 1. The molecule has 0 radical (unpaired) electrons. The molecule has 1 N–H and O–H groups in total. The van der Waals surface area contributed by atoms with E-state index in [4.69, 9.17) is 4.74 Å². The zero-order chi connectivity index (χ0) is 14.5. The van der Waals surface area contributed by atoms with Crippen LogP contribution in [0, 0.1) is 0 Å². The molecule has 1 saturated heterocycles. The van der Waals surface area contributed by atoms with E-state index >= 15 is 0 Å². The number of anilines is 1. The lowest BCUT2D eigenvalue weighted by Crippen LogP contribution is -2.31. The molecule has 0 aliphatic carbocycles. The predicted molar refractivity (Wildman–Crippen MR) is 75.7 cm³/mol. The van der Waals surface area contributed by atoms with Crippen LogP contribution in [0.1, 0.15) is 12.8 Å². The summed E-state index contributed by atoms with van der Waals surface area (Å²) in [6.45, 7) is 1.22. The van der Waals surface area contributed by atoms with Crippen LogP contribution in [0.3, 0.4) is 0 Å². The second-order valence-corrected chi connectivity index (χ2v) is 5.24. The molecule has 0 aromatic carbocycles. The molecule has 110 valence electrons. The molecule has 1 aliphatic heterocycles. The molecule has 2 rings (SSSR count). The van der Waals surface area contributed by atoms with Crippen molar-refractivity contribution in [3.63, 3.8) is 0 Å². The highest BCUT2D eigenvalue weighted by Crippen LogP contribution is 2.20. The highest BCUT2D eigenvalue weighted by Gasteiger charge is 2.17. The Morgan fingerprint density at radius 1 is 1.60 bits per heavy atom. The van der Waals surface area contributed by atoms with Gasteiger partial charge in [-0.05, 0) is 28.8 Å². The van der Waals surface area contributed by atoms with E-state index in [-0.39, 0.29) is 18.1 Å². The maximum Gasteiger partial charge on any atom is 0.327 e. The van der Waals surface area contributed by atoms with Crippen LogP contribution in [-0.4, -0.2) is 42.1 Å². The van der Waals surface area contributed by atoms with Crippen LogP contribution < -0.4 is 10.9 Å². The number of nitrogens with zero attached hydrogens (tertiary/aromatic N) is 2. The van der Waals surface area contributed by atoms with E-state index < -0.39 is 5.97 Å². The minimum Gasteiger partial charge on any atom is -0.468 e. The minimum atomic E-state index is -0.517. The normalized spacial score (nSPS) is 15.9. The molecule has 0 bridgehead atoms. The summed E-state index contributed by atoms with van der Waals surface area (Å²) < 4.78 is 11.2. The Balaban J connectivity index is 2.13. The van der Waals surface area contributed by atoms with Crippen LogP contribution in [-0.2, 0) is 20.8 Å². The van der Waals surface area contributed by atoms with E-state index in [1.165, 1.54) is 13.3 Å². The van der Waals surface area contributed by atoms with E-state index in [1.54, 1.807) is 0 Å². The summed E-state index contributed by atoms with van der Waals surface area (Å²) in [4.78, 5) is 23.2. The van der Waals surface area contributed by atoms with Crippen molar-refractivity contribution >= 4 is 27.6 Å². The lowest BCUT2D eigenvalue weighted by molar-refractivity contribution is -0.141. The fourth-order valence-corrected chi connectivity index (χ4v) is 2.35. The zero-order valence-corrected chi connectivity index (χ0v) is 12.7. The quantitative estimate of drug-likeness (QED) is 0.811. The summed E-state index contributed by atoms with van der Waals surface area (Å²) in [5.74, 6) is -0.517. The zero-order valence-electron chi connectivity index (χ0n) is 11.1. The van der Waals surface area contributed by atoms with Crippen LogP contribution in [0.5, 0.6) is 0 Å². The Bertz CT molecular complexity index is 540. The lowest BCUT2D eigenvalue weighted by atomic mass is 10.1. The lowest BCUT2D eigenvalue weighted by Gasteiger charge is -2.24. The molecule has 1 aromatic heterocycles. The Kier molecular flexibility index (Phi) is 5.13. The van der Waals surface area contributed by atoms with Crippen molar-refractivity contribution in [2.45, 2.75) is 25.4 Å². The fraction of sp³-hybridized carbons (Fsp3) is 0.583. The third-order valence-corrected chi connectivity index (χ3v) is 3.84. The van der Waals surface area contributed by atoms with Gasteiger partial charge in [-0.25, -0.2) is 4.68 Å². The number of methoxy groups -OCH3 is 1. The Labute approximate surface area is 124 Å². The number of esters is 1. The average molecular weight is 346 g/mol. The van der Waals surface area contributed by atoms with E-state index in [0.717, 1.165) is 17.5 Å². The van der Waals surface area contributed by atoms with Crippen LogP contribution in [0.15, 0.2) is 15.5 Å². The molecular formula is C12H16BrN3O4. The summed E-state index contributed by atoms with van der Waals surface area (Å²) in [7, 11) is 1.27. The molecule has 2 heterocycles. The topological polar surface area (TPSA) is 82.5 Å². The SMILES string of the molecule is COC(=O)Cn1ncc(NC2CCOCC2)c(Br)c1=O. The number of halogens is 1. The van der Waals surface area contributed by atoms with Crippen molar-refractivity contribution in [3.8, 4) is 0 Å². The standard InChI is InChI=1S/C12H16BrN3O4/c1-19-10(17)7-16-12(18)11(13)9(6-14-16)15-8-2-4-20-5-3-8/h6,8,15H,2-5,7H2,1H3. The molecule has 0 amide bonds. The number of ether oxygens (including phenoxy) is 2. The number of rotatable bonds is 4. The highest BCUT2D eigenvalue weighted by molar-refractivity contribution is 9.10. The number of carbonyl (C=O) groups is 1.